The van der Waals surface area contributed by atoms with E-state index in [2.05, 4.69) is 15.0 Å². The van der Waals surface area contributed by atoms with E-state index in [1.807, 2.05) is 0 Å². The number of nitrogens with zero attached hydrogens (tertiary/aromatic N) is 4. The highest BCUT2D eigenvalue weighted by atomic mass is 32.2. The monoisotopic (exact) mass is 550 g/mol. The SMILES string of the molecule is CCS(=O)(=O)Nc1cc(C2CN(C)C(=O)C3NCCC32)nc2c1nc(C)n2Cc1ccccc1C(F)(F)F. The van der Waals surface area contributed by atoms with Crippen LogP contribution in [0.4, 0.5) is 18.9 Å². The van der Waals surface area contributed by atoms with Gasteiger partial charge in [-0.3, -0.25) is 9.52 Å². The number of anilines is 1. The molecule has 2 aromatic heterocycles. The third-order valence-corrected chi connectivity index (χ3v) is 8.78. The van der Waals surface area contributed by atoms with Crippen LogP contribution >= 0.6 is 0 Å². The smallest absolute Gasteiger partial charge is 0.344 e. The fraction of sp³-hybridized carbons (Fsp3) is 0.480. The molecule has 2 N–H and O–H groups in total. The van der Waals surface area contributed by atoms with E-state index in [4.69, 9.17) is 4.98 Å². The summed E-state index contributed by atoms with van der Waals surface area (Å²) in [4.78, 5) is 23.7. The number of alkyl halides is 3. The molecule has 1 aromatic carbocycles. The van der Waals surface area contributed by atoms with Crippen molar-refractivity contribution in [2.24, 2.45) is 5.92 Å². The predicted molar refractivity (Wildman–Crippen MR) is 136 cm³/mol. The Kier molecular flexibility index (Phi) is 6.62. The highest BCUT2D eigenvalue weighted by Crippen LogP contribution is 2.39. The number of nitrogens with one attached hydrogen (secondary N) is 2. The third-order valence-electron chi connectivity index (χ3n) is 7.49. The number of carbonyl (C=O) groups is 1. The zero-order valence-electron chi connectivity index (χ0n) is 21.2. The molecule has 38 heavy (non-hydrogen) atoms. The molecular formula is C25H29F3N6O3S. The first-order valence-corrected chi connectivity index (χ1v) is 14.1. The molecule has 0 saturated carbocycles. The third kappa shape index (κ3) is 4.73. The molecule has 2 aliphatic heterocycles. The highest BCUT2D eigenvalue weighted by Gasteiger charge is 2.45. The van der Waals surface area contributed by atoms with Crippen LogP contribution in [0, 0.1) is 12.8 Å². The Balaban J connectivity index is 1.67. The average Bonchev–Trinajstić information content (AvgIpc) is 3.47. The summed E-state index contributed by atoms with van der Waals surface area (Å²) in [6.07, 6.45) is -3.78. The minimum absolute atomic E-state index is 0.00128. The van der Waals surface area contributed by atoms with E-state index in [-0.39, 0.29) is 58.5 Å². The van der Waals surface area contributed by atoms with Gasteiger partial charge < -0.3 is 14.8 Å². The van der Waals surface area contributed by atoms with Crippen molar-refractivity contribution in [3.05, 3.63) is 53.0 Å². The predicted octanol–water partition coefficient (Wildman–Crippen LogP) is 3.10. The standard InChI is InChI=1S/C25H29F3N6O3S/c1-4-38(36,37)32-20-11-19(17-13-33(3)24(35)21-16(17)9-10-29-21)31-23-22(20)30-14(2)34(23)12-15-7-5-6-8-18(15)25(26,27)28/h5-8,11,16-17,21,29H,4,9-10,12-13H2,1-3H3,(H,31,32). The molecule has 204 valence electrons. The summed E-state index contributed by atoms with van der Waals surface area (Å²) in [6, 6.07) is 6.62. The first-order chi connectivity index (χ1) is 17.9. The summed E-state index contributed by atoms with van der Waals surface area (Å²) in [7, 11) is -1.97. The molecule has 3 aromatic rings. The summed E-state index contributed by atoms with van der Waals surface area (Å²) < 4.78 is 70.5. The van der Waals surface area contributed by atoms with Crippen LogP contribution < -0.4 is 10.0 Å². The van der Waals surface area contributed by atoms with E-state index in [1.165, 1.54) is 19.1 Å². The van der Waals surface area contributed by atoms with Crippen molar-refractivity contribution in [1.82, 2.24) is 24.8 Å². The van der Waals surface area contributed by atoms with Crippen molar-refractivity contribution in [2.75, 3.05) is 30.6 Å². The summed E-state index contributed by atoms with van der Waals surface area (Å²) in [6.45, 7) is 4.08. The van der Waals surface area contributed by atoms with Crippen LogP contribution in [0.2, 0.25) is 0 Å². The Labute approximate surface area is 218 Å². The number of carbonyl (C=O) groups excluding carboxylic acids is 1. The number of benzene rings is 1. The van der Waals surface area contributed by atoms with Gasteiger partial charge in [0.25, 0.3) is 0 Å². The maximum absolute atomic E-state index is 13.7. The summed E-state index contributed by atoms with van der Waals surface area (Å²) in [5.74, 6) is -0.00259. The number of aromatic nitrogens is 3. The number of likely N-dealkylation sites (N-methyl/N-ethyl adjacent to an activating group) is 1. The van der Waals surface area contributed by atoms with Crippen LogP contribution in [0.25, 0.3) is 11.2 Å². The number of imidazole rings is 1. The normalized spacial score (nSPS) is 22.2. The molecule has 0 radical (unpaired) electrons. The van der Waals surface area contributed by atoms with Gasteiger partial charge in [-0.2, -0.15) is 13.2 Å². The first-order valence-electron chi connectivity index (χ1n) is 12.4. The molecule has 2 saturated heterocycles. The van der Waals surface area contributed by atoms with Gasteiger partial charge in [-0.1, -0.05) is 18.2 Å². The van der Waals surface area contributed by atoms with Gasteiger partial charge in [0.2, 0.25) is 15.9 Å². The lowest BCUT2D eigenvalue weighted by Crippen LogP contribution is -2.53. The van der Waals surface area contributed by atoms with Crippen LogP contribution in [0.15, 0.2) is 30.3 Å². The van der Waals surface area contributed by atoms with Crippen molar-refractivity contribution in [2.45, 2.75) is 44.9 Å². The number of amides is 1. The maximum atomic E-state index is 13.7. The van der Waals surface area contributed by atoms with Crippen molar-refractivity contribution in [3.63, 3.8) is 0 Å². The second-order valence-electron chi connectivity index (χ2n) is 9.88. The molecule has 9 nitrogen and oxygen atoms in total. The summed E-state index contributed by atoms with van der Waals surface area (Å²) in [5, 5.41) is 3.25. The molecule has 0 aliphatic carbocycles. The van der Waals surface area contributed by atoms with Gasteiger partial charge in [0.05, 0.1) is 35.3 Å². The van der Waals surface area contributed by atoms with Gasteiger partial charge in [-0.25, -0.2) is 18.4 Å². The number of pyridine rings is 1. The number of halogens is 3. The second kappa shape index (κ2) is 9.53. The first kappa shape index (κ1) is 26.4. The van der Waals surface area contributed by atoms with E-state index < -0.39 is 21.8 Å². The van der Waals surface area contributed by atoms with Crippen molar-refractivity contribution in [1.29, 1.82) is 0 Å². The minimum Gasteiger partial charge on any atom is -0.344 e. The highest BCUT2D eigenvalue weighted by molar-refractivity contribution is 7.92. The number of aryl methyl sites for hydroxylation is 1. The molecule has 3 unspecified atom stereocenters. The average molecular weight is 551 g/mol. The fourth-order valence-corrected chi connectivity index (χ4v) is 6.15. The number of piperidine rings is 1. The number of hydrogen-bond acceptors (Lipinski definition) is 6. The van der Waals surface area contributed by atoms with Crippen LogP contribution in [0.5, 0.6) is 0 Å². The van der Waals surface area contributed by atoms with Gasteiger partial charge in [0.1, 0.15) is 11.3 Å². The molecule has 2 fully saturated rings. The van der Waals surface area contributed by atoms with Gasteiger partial charge in [-0.05, 0) is 50.4 Å². The van der Waals surface area contributed by atoms with Gasteiger partial charge in [-0.15, -0.1) is 0 Å². The molecular weight excluding hydrogens is 521 g/mol. The molecule has 2 aliphatic rings. The molecule has 4 heterocycles. The summed E-state index contributed by atoms with van der Waals surface area (Å²) >= 11 is 0. The minimum atomic E-state index is -4.54. The lowest BCUT2D eigenvalue weighted by molar-refractivity contribution is -0.138. The Morgan fingerprint density at radius 1 is 1.21 bits per heavy atom. The molecule has 5 rings (SSSR count). The quantitative estimate of drug-likeness (QED) is 0.488. The van der Waals surface area contributed by atoms with Crippen molar-refractivity contribution < 1.29 is 26.4 Å². The van der Waals surface area contributed by atoms with Crippen LogP contribution in [0.1, 0.15) is 41.9 Å². The number of likely N-dealkylation sites (tertiary alicyclic amines) is 1. The van der Waals surface area contributed by atoms with E-state index in [1.54, 1.807) is 35.6 Å². The Morgan fingerprint density at radius 2 is 1.95 bits per heavy atom. The van der Waals surface area contributed by atoms with Gasteiger partial charge in [0, 0.05) is 19.5 Å². The van der Waals surface area contributed by atoms with Crippen LogP contribution in [-0.4, -0.2) is 65.7 Å². The van der Waals surface area contributed by atoms with E-state index >= 15 is 0 Å². The van der Waals surface area contributed by atoms with Crippen LogP contribution in [0.3, 0.4) is 0 Å². The Hall–Kier alpha value is -3.19. The molecule has 0 bridgehead atoms. The second-order valence-corrected chi connectivity index (χ2v) is 11.9. The number of rotatable bonds is 6. The molecule has 3 atom stereocenters. The van der Waals surface area contributed by atoms with E-state index in [0.29, 0.717) is 24.6 Å². The topological polar surface area (TPSA) is 109 Å². The lowest BCUT2D eigenvalue weighted by atomic mass is 9.80. The number of fused-ring (bicyclic) bond motifs is 2. The lowest BCUT2D eigenvalue weighted by Gasteiger charge is -2.38. The molecule has 0 spiro atoms. The van der Waals surface area contributed by atoms with Gasteiger partial charge in [0.15, 0.2) is 5.65 Å². The molecule has 13 heteroatoms. The fourth-order valence-electron chi connectivity index (χ4n) is 5.52. The molecule has 1 amide bonds. The number of sulfonamides is 1. The van der Waals surface area contributed by atoms with Gasteiger partial charge >= 0.3 is 6.18 Å². The maximum Gasteiger partial charge on any atom is 0.416 e. The Bertz CT molecular complexity index is 1500. The van der Waals surface area contributed by atoms with Crippen LogP contribution in [-0.2, 0) is 27.5 Å². The van der Waals surface area contributed by atoms with E-state index in [9.17, 15) is 26.4 Å². The largest absolute Gasteiger partial charge is 0.416 e. The van der Waals surface area contributed by atoms with Crippen molar-refractivity contribution in [3.8, 4) is 0 Å². The number of hydrogen-bond donors (Lipinski definition) is 2. The summed E-state index contributed by atoms with van der Waals surface area (Å²) in [5.41, 5.74) is 0.626. The Morgan fingerprint density at radius 3 is 2.66 bits per heavy atom. The van der Waals surface area contributed by atoms with E-state index in [0.717, 1.165) is 12.5 Å². The van der Waals surface area contributed by atoms with Crippen molar-refractivity contribution >= 4 is 32.8 Å². The zero-order valence-corrected chi connectivity index (χ0v) is 22.0. The zero-order chi connectivity index (χ0) is 27.4.